The fourth-order valence-electron chi connectivity index (χ4n) is 3.14. The van der Waals surface area contributed by atoms with Crippen molar-refractivity contribution in [2.75, 3.05) is 11.9 Å². The molecule has 8 nitrogen and oxygen atoms in total. The molecule has 0 radical (unpaired) electrons. The van der Waals surface area contributed by atoms with E-state index in [-0.39, 0.29) is 29.7 Å². The van der Waals surface area contributed by atoms with E-state index in [9.17, 15) is 19.2 Å². The van der Waals surface area contributed by atoms with Crippen LogP contribution in [0.25, 0.3) is 0 Å². The lowest BCUT2D eigenvalue weighted by Crippen LogP contribution is -2.39. The Hall–Kier alpha value is -3.68. The van der Waals surface area contributed by atoms with E-state index in [0.29, 0.717) is 23.4 Å². The van der Waals surface area contributed by atoms with Gasteiger partial charge >= 0.3 is 12.0 Å². The molecule has 31 heavy (non-hydrogen) atoms. The molecular weight excluding hydrogens is 398 g/mol. The van der Waals surface area contributed by atoms with E-state index in [0.717, 1.165) is 11.1 Å². The summed E-state index contributed by atoms with van der Waals surface area (Å²) in [6.45, 7) is 5.43. The maximum Gasteiger partial charge on any atom is 0.338 e. The van der Waals surface area contributed by atoms with Crippen LogP contribution < -0.4 is 16.0 Å². The summed E-state index contributed by atoms with van der Waals surface area (Å²) in [6, 6.07) is 11.3. The molecule has 0 fully saturated rings. The molecule has 0 bridgehead atoms. The van der Waals surface area contributed by atoms with Crippen molar-refractivity contribution in [3.8, 4) is 0 Å². The molecule has 0 aromatic heterocycles. The molecule has 8 heteroatoms. The van der Waals surface area contributed by atoms with Crippen molar-refractivity contribution in [2.24, 2.45) is 0 Å². The number of benzene rings is 2. The minimum Gasteiger partial charge on any atom is -0.454 e. The Morgan fingerprint density at radius 2 is 1.74 bits per heavy atom. The summed E-state index contributed by atoms with van der Waals surface area (Å²) in [5, 5.41) is 8.20. The van der Waals surface area contributed by atoms with Gasteiger partial charge in [-0.2, -0.15) is 0 Å². The normalized spacial score (nSPS) is 14.6. The van der Waals surface area contributed by atoms with E-state index in [2.05, 4.69) is 16.0 Å². The molecule has 1 aliphatic rings. The first-order chi connectivity index (χ1) is 14.7. The number of urea groups is 1. The summed E-state index contributed by atoms with van der Waals surface area (Å²) in [5.74, 6) is -1.39. The number of fused-ring (bicyclic) bond motifs is 1. The number of ketones is 1. The quantitative estimate of drug-likeness (QED) is 0.468. The van der Waals surface area contributed by atoms with Crippen LogP contribution in [-0.4, -0.2) is 36.3 Å². The molecule has 162 valence electrons. The number of hydrogen-bond acceptors (Lipinski definition) is 5. The predicted molar refractivity (Wildman–Crippen MR) is 115 cm³/mol. The first-order valence-electron chi connectivity index (χ1n) is 10.0. The van der Waals surface area contributed by atoms with Crippen molar-refractivity contribution < 1.29 is 23.9 Å². The zero-order chi connectivity index (χ0) is 22.5. The Kier molecular flexibility index (Phi) is 6.69. The summed E-state index contributed by atoms with van der Waals surface area (Å²) in [6.07, 6.45) is 0. The van der Waals surface area contributed by atoms with Gasteiger partial charge in [0.25, 0.3) is 0 Å². The van der Waals surface area contributed by atoms with Gasteiger partial charge in [0.05, 0.1) is 11.5 Å². The summed E-state index contributed by atoms with van der Waals surface area (Å²) in [5.41, 5.74) is 2.97. The van der Waals surface area contributed by atoms with Crippen molar-refractivity contribution in [1.29, 1.82) is 0 Å². The van der Waals surface area contributed by atoms with E-state index < -0.39 is 12.6 Å². The third-order valence-corrected chi connectivity index (χ3v) is 4.89. The lowest BCUT2D eigenvalue weighted by Gasteiger charge is -2.10. The van der Waals surface area contributed by atoms with Crippen molar-refractivity contribution >= 4 is 29.4 Å². The zero-order valence-electron chi connectivity index (χ0n) is 17.7. The molecular formula is C23H25N3O5. The highest BCUT2D eigenvalue weighted by molar-refractivity contribution is 6.05. The second-order valence-corrected chi connectivity index (χ2v) is 7.69. The fraction of sp³-hybridized carbons (Fsp3) is 0.304. The zero-order valence-corrected chi connectivity index (χ0v) is 17.7. The Labute approximate surface area is 180 Å². The Balaban J connectivity index is 1.52. The average molecular weight is 423 g/mol. The third kappa shape index (κ3) is 5.48. The van der Waals surface area contributed by atoms with Crippen LogP contribution in [0.3, 0.4) is 0 Å². The van der Waals surface area contributed by atoms with Gasteiger partial charge in [-0.1, -0.05) is 12.1 Å². The van der Waals surface area contributed by atoms with Crippen molar-refractivity contribution in [1.82, 2.24) is 10.6 Å². The van der Waals surface area contributed by atoms with Gasteiger partial charge in [-0.3, -0.25) is 9.59 Å². The SMILES string of the molecule is CC(C)NC(=O)NCc1ccc(C(=O)OCC(=O)c2ccc3c(c2)[C@@H](C)C(=O)N3)cc1. The van der Waals surface area contributed by atoms with E-state index in [1.54, 1.807) is 49.4 Å². The van der Waals surface area contributed by atoms with Gasteiger partial charge in [0, 0.05) is 23.8 Å². The number of carbonyl (C=O) groups excluding carboxylic acids is 4. The van der Waals surface area contributed by atoms with Crippen molar-refractivity contribution in [3.05, 3.63) is 64.7 Å². The van der Waals surface area contributed by atoms with E-state index in [1.807, 2.05) is 13.8 Å². The van der Waals surface area contributed by atoms with Gasteiger partial charge in [0.2, 0.25) is 5.91 Å². The van der Waals surface area contributed by atoms with Crippen LogP contribution in [0.4, 0.5) is 10.5 Å². The first-order valence-corrected chi connectivity index (χ1v) is 10.0. The molecule has 3 amide bonds. The number of carbonyl (C=O) groups is 4. The monoisotopic (exact) mass is 423 g/mol. The number of amides is 3. The number of Topliss-reactive ketones (excluding diaryl/α,β-unsaturated/α-hetero) is 1. The van der Waals surface area contributed by atoms with Crippen LogP contribution in [-0.2, 0) is 16.1 Å². The van der Waals surface area contributed by atoms with Gasteiger partial charge in [-0.25, -0.2) is 9.59 Å². The maximum absolute atomic E-state index is 12.4. The Morgan fingerprint density at radius 3 is 2.42 bits per heavy atom. The molecule has 0 unspecified atom stereocenters. The van der Waals surface area contributed by atoms with Crippen LogP contribution >= 0.6 is 0 Å². The number of esters is 1. The standard InChI is InChI=1S/C23H25N3O5/c1-13(2)25-23(30)24-11-15-4-6-16(7-5-15)22(29)31-12-20(27)17-8-9-19-18(10-17)14(3)21(28)26-19/h4-10,13-14H,11-12H2,1-3H3,(H,26,28)(H2,24,25,30)/t14-/m1/s1. The van der Waals surface area contributed by atoms with Gasteiger partial charge in [0.15, 0.2) is 12.4 Å². The van der Waals surface area contributed by atoms with Crippen molar-refractivity contribution in [2.45, 2.75) is 39.3 Å². The molecule has 1 heterocycles. The number of nitrogens with one attached hydrogen (secondary N) is 3. The lowest BCUT2D eigenvalue weighted by atomic mass is 9.99. The van der Waals surface area contributed by atoms with Gasteiger partial charge < -0.3 is 20.7 Å². The van der Waals surface area contributed by atoms with Crippen LogP contribution in [0.15, 0.2) is 42.5 Å². The van der Waals surface area contributed by atoms with Crippen LogP contribution in [0, 0.1) is 0 Å². The minimum absolute atomic E-state index is 0.0409. The summed E-state index contributed by atoms with van der Waals surface area (Å²) < 4.78 is 5.14. The highest BCUT2D eigenvalue weighted by atomic mass is 16.5. The van der Waals surface area contributed by atoms with Gasteiger partial charge in [0.1, 0.15) is 0 Å². The second-order valence-electron chi connectivity index (χ2n) is 7.69. The number of rotatable bonds is 7. The highest BCUT2D eigenvalue weighted by Crippen LogP contribution is 2.32. The largest absolute Gasteiger partial charge is 0.454 e. The molecule has 2 aromatic carbocycles. The lowest BCUT2D eigenvalue weighted by molar-refractivity contribution is -0.116. The topological polar surface area (TPSA) is 114 Å². The number of hydrogen-bond donors (Lipinski definition) is 3. The molecule has 0 aliphatic carbocycles. The Bertz CT molecular complexity index is 1010. The minimum atomic E-state index is -0.614. The highest BCUT2D eigenvalue weighted by Gasteiger charge is 2.27. The molecule has 0 spiro atoms. The molecule has 1 atom stereocenters. The first kappa shape index (κ1) is 22.0. The maximum atomic E-state index is 12.4. The van der Waals surface area contributed by atoms with Crippen LogP contribution in [0.2, 0.25) is 0 Å². The molecule has 3 N–H and O–H groups in total. The van der Waals surface area contributed by atoms with Crippen LogP contribution in [0.5, 0.6) is 0 Å². The van der Waals surface area contributed by atoms with Gasteiger partial charge in [-0.05, 0) is 62.2 Å². The third-order valence-electron chi connectivity index (χ3n) is 4.89. The average Bonchev–Trinajstić information content (AvgIpc) is 3.03. The summed E-state index contributed by atoms with van der Waals surface area (Å²) in [7, 11) is 0. The molecule has 0 saturated carbocycles. The molecule has 0 saturated heterocycles. The Morgan fingerprint density at radius 1 is 1.06 bits per heavy atom. The smallest absolute Gasteiger partial charge is 0.338 e. The second kappa shape index (κ2) is 9.42. The van der Waals surface area contributed by atoms with E-state index in [1.165, 1.54) is 0 Å². The predicted octanol–water partition coefficient (Wildman–Crippen LogP) is 2.99. The van der Waals surface area contributed by atoms with Crippen molar-refractivity contribution in [3.63, 3.8) is 0 Å². The van der Waals surface area contributed by atoms with Crippen LogP contribution in [0.1, 0.15) is 58.5 Å². The molecule has 2 aromatic rings. The van der Waals surface area contributed by atoms with E-state index >= 15 is 0 Å². The molecule has 3 rings (SSSR count). The van der Waals surface area contributed by atoms with Gasteiger partial charge in [-0.15, -0.1) is 0 Å². The summed E-state index contributed by atoms with van der Waals surface area (Å²) in [4.78, 5) is 48.0. The van der Waals surface area contributed by atoms with E-state index in [4.69, 9.17) is 4.74 Å². The number of anilines is 1. The molecule has 1 aliphatic heterocycles. The fourth-order valence-corrected chi connectivity index (χ4v) is 3.14. The summed E-state index contributed by atoms with van der Waals surface area (Å²) >= 11 is 0. The number of ether oxygens (including phenoxy) is 1.